The minimum absolute atomic E-state index is 0.744. The quantitative estimate of drug-likeness (QED) is 0.637. The highest BCUT2D eigenvalue weighted by molar-refractivity contribution is 7.13. The van der Waals surface area contributed by atoms with Crippen molar-refractivity contribution < 1.29 is 0 Å². The van der Waals surface area contributed by atoms with Crippen molar-refractivity contribution in [3.8, 4) is 21.8 Å². The molecule has 3 aromatic rings. The zero-order valence-corrected chi connectivity index (χ0v) is 13.3. The van der Waals surface area contributed by atoms with Crippen LogP contribution in [0.2, 0.25) is 5.02 Å². The molecule has 0 atom stereocenters. The maximum atomic E-state index is 5.93. The summed E-state index contributed by atoms with van der Waals surface area (Å²) in [5, 5.41) is 3.85. The number of aromatic nitrogens is 2. The lowest BCUT2D eigenvalue weighted by Crippen LogP contribution is -1.90. The van der Waals surface area contributed by atoms with E-state index in [2.05, 4.69) is 23.4 Å². The van der Waals surface area contributed by atoms with Gasteiger partial charge in [0.15, 0.2) is 0 Å². The summed E-state index contributed by atoms with van der Waals surface area (Å²) < 4.78 is 0. The van der Waals surface area contributed by atoms with Crippen molar-refractivity contribution in [3.63, 3.8) is 0 Å². The minimum Gasteiger partial charge on any atom is -0.264 e. The van der Waals surface area contributed by atoms with Gasteiger partial charge in [-0.1, -0.05) is 37.1 Å². The lowest BCUT2D eigenvalue weighted by atomic mass is 10.0. The Morgan fingerprint density at radius 3 is 2.71 bits per heavy atom. The SMILES string of the molecule is CCCc1ccncc1-c1csc(-c2ccc(Cl)cc2)n1. The number of halogens is 1. The number of rotatable bonds is 4. The van der Waals surface area contributed by atoms with Crippen molar-refractivity contribution in [3.05, 3.63) is 58.7 Å². The van der Waals surface area contributed by atoms with E-state index < -0.39 is 0 Å². The largest absolute Gasteiger partial charge is 0.264 e. The van der Waals surface area contributed by atoms with Crippen molar-refractivity contribution in [2.75, 3.05) is 0 Å². The van der Waals surface area contributed by atoms with Crippen molar-refractivity contribution in [1.29, 1.82) is 0 Å². The van der Waals surface area contributed by atoms with Crippen LogP contribution in [-0.4, -0.2) is 9.97 Å². The summed E-state index contributed by atoms with van der Waals surface area (Å²) in [6.45, 7) is 2.18. The van der Waals surface area contributed by atoms with E-state index in [0.717, 1.165) is 39.7 Å². The molecule has 4 heteroatoms. The molecule has 1 aromatic carbocycles. The van der Waals surface area contributed by atoms with Crippen LogP contribution in [0, 0.1) is 0 Å². The first-order valence-electron chi connectivity index (χ1n) is 6.92. The van der Waals surface area contributed by atoms with Crippen LogP contribution in [0.25, 0.3) is 21.8 Å². The summed E-state index contributed by atoms with van der Waals surface area (Å²) >= 11 is 7.58. The van der Waals surface area contributed by atoms with Gasteiger partial charge in [-0.2, -0.15) is 0 Å². The number of aryl methyl sites for hydroxylation is 1. The Hall–Kier alpha value is -1.71. The van der Waals surface area contributed by atoms with Gasteiger partial charge in [-0.3, -0.25) is 4.98 Å². The Labute approximate surface area is 133 Å². The molecule has 21 heavy (non-hydrogen) atoms. The summed E-state index contributed by atoms with van der Waals surface area (Å²) in [7, 11) is 0. The molecule has 2 nitrogen and oxygen atoms in total. The second kappa shape index (κ2) is 6.37. The Bertz CT molecular complexity index is 735. The Morgan fingerprint density at radius 1 is 1.14 bits per heavy atom. The minimum atomic E-state index is 0.744. The summed E-state index contributed by atoms with van der Waals surface area (Å²) in [6.07, 6.45) is 5.92. The molecule has 3 rings (SSSR count). The molecule has 0 amide bonds. The van der Waals surface area contributed by atoms with Gasteiger partial charge in [-0.25, -0.2) is 4.98 Å². The van der Waals surface area contributed by atoms with Crippen LogP contribution >= 0.6 is 22.9 Å². The van der Waals surface area contributed by atoms with E-state index in [1.54, 1.807) is 11.3 Å². The summed E-state index contributed by atoms with van der Waals surface area (Å²) in [4.78, 5) is 9.00. The molecule has 0 saturated heterocycles. The van der Waals surface area contributed by atoms with Crippen molar-refractivity contribution >= 4 is 22.9 Å². The third kappa shape index (κ3) is 3.14. The lowest BCUT2D eigenvalue weighted by molar-refractivity contribution is 0.919. The zero-order chi connectivity index (χ0) is 14.7. The second-order valence-electron chi connectivity index (χ2n) is 4.83. The summed E-state index contributed by atoms with van der Waals surface area (Å²) in [5.74, 6) is 0. The van der Waals surface area contributed by atoms with E-state index in [1.165, 1.54) is 5.56 Å². The molecule has 0 bridgehead atoms. The predicted molar refractivity (Wildman–Crippen MR) is 89.8 cm³/mol. The first-order valence-corrected chi connectivity index (χ1v) is 8.18. The van der Waals surface area contributed by atoms with Gasteiger partial charge in [0.1, 0.15) is 5.01 Å². The molecule has 0 fully saturated rings. The molecule has 0 N–H and O–H groups in total. The molecule has 106 valence electrons. The third-order valence-corrected chi connectivity index (χ3v) is 4.45. The van der Waals surface area contributed by atoms with Crippen LogP contribution < -0.4 is 0 Å². The highest BCUT2D eigenvalue weighted by Crippen LogP contribution is 2.31. The fraction of sp³-hybridized carbons (Fsp3) is 0.176. The number of hydrogen-bond acceptors (Lipinski definition) is 3. The maximum absolute atomic E-state index is 5.93. The van der Waals surface area contributed by atoms with Gasteiger partial charge < -0.3 is 0 Å². The lowest BCUT2D eigenvalue weighted by Gasteiger charge is -2.04. The zero-order valence-electron chi connectivity index (χ0n) is 11.7. The predicted octanol–water partition coefficient (Wildman–Crippen LogP) is 5.48. The van der Waals surface area contributed by atoms with Gasteiger partial charge >= 0.3 is 0 Å². The molecule has 2 aromatic heterocycles. The van der Waals surface area contributed by atoms with Gasteiger partial charge in [0.2, 0.25) is 0 Å². The first-order chi connectivity index (χ1) is 10.3. The van der Waals surface area contributed by atoms with E-state index in [9.17, 15) is 0 Å². The number of nitrogens with zero attached hydrogens (tertiary/aromatic N) is 2. The molecule has 0 aliphatic carbocycles. The van der Waals surface area contributed by atoms with Gasteiger partial charge in [-0.05, 0) is 30.2 Å². The monoisotopic (exact) mass is 314 g/mol. The van der Waals surface area contributed by atoms with E-state index in [0.29, 0.717) is 0 Å². The van der Waals surface area contributed by atoms with Crippen molar-refractivity contribution in [1.82, 2.24) is 9.97 Å². The Balaban J connectivity index is 1.97. The van der Waals surface area contributed by atoms with Crippen LogP contribution in [0.1, 0.15) is 18.9 Å². The topological polar surface area (TPSA) is 25.8 Å². The fourth-order valence-electron chi connectivity index (χ4n) is 2.26. The smallest absolute Gasteiger partial charge is 0.124 e. The van der Waals surface area contributed by atoms with Gasteiger partial charge in [-0.15, -0.1) is 11.3 Å². The van der Waals surface area contributed by atoms with Crippen molar-refractivity contribution in [2.45, 2.75) is 19.8 Å². The van der Waals surface area contributed by atoms with E-state index in [-0.39, 0.29) is 0 Å². The molecule has 2 heterocycles. The van der Waals surface area contributed by atoms with Crippen LogP contribution in [-0.2, 0) is 6.42 Å². The first kappa shape index (κ1) is 14.2. The van der Waals surface area contributed by atoms with E-state index >= 15 is 0 Å². The van der Waals surface area contributed by atoms with E-state index in [4.69, 9.17) is 16.6 Å². The van der Waals surface area contributed by atoms with Gasteiger partial charge in [0.25, 0.3) is 0 Å². The Kier molecular flexibility index (Phi) is 4.32. The normalized spacial score (nSPS) is 10.8. The highest BCUT2D eigenvalue weighted by atomic mass is 35.5. The number of benzene rings is 1. The van der Waals surface area contributed by atoms with Crippen LogP contribution in [0.15, 0.2) is 48.1 Å². The second-order valence-corrected chi connectivity index (χ2v) is 6.12. The number of hydrogen-bond donors (Lipinski definition) is 0. The molecular weight excluding hydrogens is 300 g/mol. The molecular formula is C17H15ClN2S. The highest BCUT2D eigenvalue weighted by Gasteiger charge is 2.10. The summed E-state index contributed by atoms with van der Waals surface area (Å²) in [5.41, 5.74) is 4.54. The fourth-order valence-corrected chi connectivity index (χ4v) is 3.22. The molecule has 0 aliphatic heterocycles. The molecule has 0 spiro atoms. The summed E-state index contributed by atoms with van der Waals surface area (Å²) in [6, 6.07) is 9.87. The van der Waals surface area contributed by atoms with Gasteiger partial charge in [0, 0.05) is 33.9 Å². The third-order valence-electron chi connectivity index (χ3n) is 3.30. The standard InChI is InChI=1S/C17H15ClN2S/c1-2-3-12-8-9-19-10-15(12)16-11-21-17(20-16)13-4-6-14(18)7-5-13/h4-11H,2-3H2,1H3. The average Bonchev–Trinajstić information content (AvgIpc) is 2.99. The molecule has 0 aliphatic rings. The van der Waals surface area contributed by atoms with Crippen molar-refractivity contribution in [2.24, 2.45) is 0 Å². The molecule has 0 saturated carbocycles. The number of thiazole rings is 1. The maximum Gasteiger partial charge on any atom is 0.124 e. The Morgan fingerprint density at radius 2 is 1.95 bits per heavy atom. The van der Waals surface area contributed by atoms with E-state index in [1.807, 2.05) is 36.7 Å². The molecule has 0 unspecified atom stereocenters. The molecule has 0 radical (unpaired) electrons. The van der Waals surface area contributed by atoms with Crippen LogP contribution in [0.4, 0.5) is 0 Å². The van der Waals surface area contributed by atoms with Gasteiger partial charge in [0.05, 0.1) is 5.69 Å². The van der Waals surface area contributed by atoms with Crippen LogP contribution in [0.3, 0.4) is 0 Å². The number of pyridine rings is 1. The van der Waals surface area contributed by atoms with Crippen LogP contribution in [0.5, 0.6) is 0 Å². The average molecular weight is 315 g/mol.